The van der Waals surface area contributed by atoms with Gasteiger partial charge in [0.1, 0.15) is 24.4 Å². The highest BCUT2D eigenvalue weighted by Crippen LogP contribution is 2.16. The SMILES string of the molecule is CCC(=O)CC(C(=O)OCC(O)CO)C(=O)c1ccccc1. The predicted octanol–water partition coefficient (Wildman–Crippen LogP) is 0.751. The second kappa shape index (κ2) is 9.07. The van der Waals surface area contributed by atoms with Crippen molar-refractivity contribution in [3.05, 3.63) is 35.9 Å². The van der Waals surface area contributed by atoms with E-state index in [1.54, 1.807) is 37.3 Å². The summed E-state index contributed by atoms with van der Waals surface area (Å²) in [5.41, 5.74) is 0.316. The van der Waals surface area contributed by atoms with E-state index in [-0.39, 0.29) is 18.6 Å². The summed E-state index contributed by atoms with van der Waals surface area (Å²) in [6.07, 6.45) is -1.23. The Bertz CT molecular complexity index is 511. The quantitative estimate of drug-likeness (QED) is 0.397. The fourth-order valence-corrected chi connectivity index (χ4v) is 1.79. The van der Waals surface area contributed by atoms with Gasteiger partial charge < -0.3 is 14.9 Å². The van der Waals surface area contributed by atoms with Crippen LogP contribution in [0.4, 0.5) is 0 Å². The van der Waals surface area contributed by atoms with Crippen molar-refractivity contribution in [1.82, 2.24) is 0 Å². The standard InChI is InChI=1S/C16H20O6/c1-2-12(18)8-14(16(21)22-10-13(19)9-17)15(20)11-6-4-3-5-7-11/h3-7,13-14,17,19H,2,8-10H2,1H3. The molecule has 0 aliphatic rings. The Morgan fingerprint density at radius 2 is 1.82 bits per heavy atom. The molecule has 2 N–H and O–H groups in total. The molecule has 120 valence electrons. The highest BCUT2D eigenvalue weighted by molar-refractivity contribution is 6.10. The molecule has 0 aliphatic carbocycles. The number of ketones is 2. The molecule has 6 heteroatoms. The molecule has 2 unspecified atom stereocenters. The molecule has 0 heterocycles. The molecule has 0 aromatic heterocycles. The average molecular weight is 308 g/mol. The molecule has 0 saturated heterocycles. The van der Waals surface area contributed by atoms with Gasteiger partial charge in [-0.1, -0.05) is 37.3 Å². The minimum absolute atomic E-state index is 0.213. The van der Waals surface area contributed by atoms with Crippen LogP contribution >= 0.6 is 0 Å². The molecule has 1 aromatic carbocycles. The monoisotopic (exact) mass is 308 g/mol. The van der Waals surface area contributed by atoms with E-state index in [4.69, 9.17) is 9.84 Å². The van der Waals surface area contributed by atoms with Crippen molar-refractivity contribution in [3.63, 3.8) is 0 Å². The number of hydrogen-bond donors (Lipinski definition) is 2. The van der Waals surface area contributed by atoms with Crippen molar-refractivity contribution in [3.8, 4) is 0 Å². The fourth-order valence-electron chi connectivity index (χ4n) is 1.79. The van der Waals surface area contributed by atoms with E-state index in [0.717, 1.165) is 0 Å². The Kier molecular flexibility index (Phi) is 7.42. The Balaban J connectivity index is 2.85. The Hall–Kier alpha value is -2.05. The normalized spacial score (nSPS) is 13.2. The highest BCUT2D eigenvalue weighted by atomic mass is 16.5. The smallest absolute Gasteiger partial charge is 0.317 e. The number of hydrogen-bond acceptors (Lipinski definition) is 6. The number of esters is 1. The van der Waals surface area contributed by atoms with Crippen LogP contribution in [-0.4, -0.2) is 47.1 Å². The third kappa shape index (κ3) is 5.38. The number of carbonyl (C=O) groups excluding carboxylic acids is 3. The third-order valence-electron chi connectivity index (χ3n) is 3.11. The first kappa shape index (κ1) is 18.0. The van der Waals surface area contributed by atoms with Gasteiger partial charge in [0.25, 0.3) is 0 Å². The molecular formula is C16H20O6. The number of carbonyl (C=O) groups is 3. The lowest BCUT2D eigenvalue weighted by Gasteiger charge is -2.15. The number of aliphatic hydroxyl groups excluding tert-OH is 2. The average Bonchev–Trinajstić information content (AvgIpc) is 2.56. The predicted molar refractivity (Wildman–Crippen MR) is 78.2 cm³/mol. The Morgan fingerprint density at radius 3 is 2.36 bits per heavy atom. The summed E-state index contributed by atoms with van der Waals surface area (Å²) in [7, 11) is 0. The zero-order chi connectivity index (χ0) is 16.5. The van der Waals surface area contributed by atoms with Crippen molar-refractivity contribution in [2.45, 2.75) is 25.9 Å². The maximum absolute atomic E-state index is 12.4. The number of aliphatic hydroxyl groups is 2. The zero-order valence-electron chi connectivity index (χ0n) is 12.4. The Labute approximate surface area is 128 Å². The molecule has 22 heavy (non-hydrogen) atoms. The van der Waals surface area contributed by atoms with Crippen LogP contribution in [0, 0.1) is 5.92 Å². The van der Waals surface area contributed by atoms with E-state index in [1.807, 2.05) is 0 Å². The zero-order valence-corrected chi connectivity index (χ0v) is 12.4. The van der Waals surface area contributed by atoms with Gasteiger partial charge >= 0.3 is 5.97 Å². The molecule has 0 amide bonds. The maximum atomic E-state index is 12.4. The number of rotatable bonds is 9. The summed E-state index contributed by atoms with van der Waals surface area (Å²) in [5.74, 6) is -2.83. The number of ether oxygens (including phenoxy) is 1. The lowest BCUT2D eigenvalue weighted by molar-refractivity contribution is -0.151. The van der Waals surface area contributed by atoms with Crippen molar-refractivity contribution >= 4 is 17.5 Å². The van der Waals surface area contributed by atoms with Gasteiger partial charge in [-0.05, 0) is 0 Å². The van der Waals surface area contributed by atoms with Gasteiger partial charge in [-0.25, -0.2) is 0 Å². The van der Waals surface area contributed by atoms with Crippen LogP contribution in [0.5, 0.6) is 0 Å². The van der Waals surface area contributed by atoms with Crippen LogP contribution in [0.1, 0.15) is 30.1 Å². The molecule has 1 rings (SSSR count). The molecule has 1 aromatic rings. The topological polar surface area (TPSA) is 101 Å². The first-order valence-corrected chi connectivity index (χ1v) is 7.06. The van der Waals surface area contributed by atoms with Gasteiger partial charge in [0.05, 0.1) is 6.61 Å². The van der Waals surface area contributed by atoms with Crippen molar-refractivity contribution in [2.75, 3.05) is 13.2 Å². The minimum Gasteiger partial charge on any atom is -0.462 e. The first-order chi connectivity index (χ1) is 10.5. The summed E-state index contributed by atoms with van der Waals surface area (Å²) >= 11 is 0. The molecule has 0 bridgehead atoms. The second-order valence-corrected chi connectivity index (χ2v) is 4.85. The van der Waals surface area contributed by atoms with Gasteiger partial charge in [-0.15, -0.1) is 0 Å². The molecule has 0 aliphatic heterocycles. The molecule has 0 spiro atoms. The first-order valence-electron chi connectivity index (χ1n) is 7.06. The van der Waals surface area contributed by atoms with Crippen LogP contribution in [0.3, 0.4) is 0 Å². The molecule has 6 nitrogen and oxygen atoms in total. The molecule has 0 radical (unpaired) electrons. The van der Waals surface area contributed by atoms with Gasteiger partial charge in [0.2, 0.25) is 0 Å². The molecule has 2 atom stereocenters. The largest absolute Gasteiger partial charge is 0.462 e. The molecule has 0 saturated carbocycles. The summed E-state index contributed by atoms with van der Waals surface area (Å²) in [6, 6.07) is 8.17. The van der Waals surface area contributed by atoms with Gasteiger partial charge in [0, 0.05) is 18.4 Å². The highest BCUT2D eigenvalue weighted by Gasteiger charge is 2.31. The molecular weight excluding hydrogens is 288 g/mol. The van der Waals surface area contributed by atoms with Gasteiger partial charge in [-0.2, -0.15) is 0 Å². The van der Waals surface area contributed by atoms with Crippen molar-refractivity contribution < 1.29 is 29.3 Å². The fraction of sp³-hybridized carbons (Fsp3) is 0.438. The van der Waals surface area contributed by atoms with Gasteiger partial charge in [0.15, 0.2) is 5.78 Å². The van der Waals surface area contributed by atoms with E-state index in [2.05, 4.69) is 0 Å². The van der Waals surface area contributed by atoms with E-state index in [0.29, 0.717) is 5.56 Å². The van der Waals surface area contributed by atoms with Crippen LogP contribution in [0.25, 0.3) is 0 Å². The summed E-state index contributed by atoms with van der Waals surface area (Å²) in [5, 5.41) is 17.9. The second-order valence-electron chi connectivity index (χ2n) is 4.85. The Morgan fingerprint density at radius 1 is 1.18 bits per heavy atom. The summed E-state index contributed by atoms with van der Waals surface area (Å²) in [6.45, 7) is 0.667. The lowest BCUT2D eigenvalue weighted by atomic mass is 9.92. The van der Waals surface area contributed by atoms with Crippen LogP contribution in [0.15, 0.2) is 30.3 Å². The van der Waals surface area contributed by atoms with Crippen molar-refractivity contribution in [1.29, 1.82) is 0 Å². The molecule has 0 fully saturated rings. The number of benzene rings is 1. The van der Waals surface area contributed by atoms with E-state index in [9.17, 15) is 19.5 Å². The summed E-state index contributed by atoms with van der Waals surface area (Å²) in [4.78, 5) is 36.0. The van der Waals surface area contributed by atoms with Crippen LogP contribution in [-0.2, 0) is 14.3 Å². The number of Topliss-reactive ketones (excluding diaryl/α,β-unsaturated/α-hetero) is 2. The van der Waals surface area contributed by atoms with E-state index in [1.165, 1.54) is 0 Å². The summed E-state index contributed by atoms with van der Waals surface area (Å²) < 4.78 is 4.82. The third-order valence-corrected chi connectivity index (χ3v) is 3.11. The van der Waals surface area contributed by atoms with Crippen LogP contribution < -0.4 is 0 Å². The van der Waals surface area contributed by atoms with E-state index < -0.39 is 37.0 Å². The van der Waals surface area contributed by atoms with Gasteiger partial charge in [-0.3, -0.25) is 14.4 Å². The van der Waals surface area contributed by atoms with E-state index >= 15 is 0 Å². The van der Waals surface area contributed by atoms with Crippen LogP contribution in [0.2, 0.25) is 0 Å². The van der Waals surface area contributed by atoms with Crippen molar-refractivity contribution in [2.24, 2.45) is 5.92 Å². The minimum atomic E-state index is -1.24. The lowest BCUT2D eigenvalue weighted by Crippen LogP contribution is -2.31. The maximum Gasteiger partial charge on any atom is 0.317 e.